The molecule has 0 amide bonds. The molecule has 3 aromatic rings. The van der Waals surface area contributed by atoms with Gasteiger partial charge < -0.3 is 14.8 Å². The molecule has 0 aliphatic carbocycles. The number of carboxylic acid groups (broad SMARTS) is 1. The number of para-hydroxylation sites is 1. The molecule has 1 atom stereocenters. The quantitative estimate of drug-likeness (QED) is 0.614. The van der Waals surface area contributed by atoms with Crippen LogP contribution in [0.5, 0.6) is 5.75 Å². The Labute approximate surface area is 167 Å². The number of H-pyrrole nitrogens is 1. The van der Waals surface area contributed by atoms with Crippen molar-refractivity contribution >= 4 is 46.3 Å². The summed E-state index contributed by atoms with van der Waals surface area (Å²) in [5, 5.41) is 13.3. The van der Waals surface area contributed by atoms with Gasteiger partial charge in [-0.2, -0.15) is 5.10 Å². The Balaban J connectivity index is 1.98. The van der Waals surface area contributed by atoms with Crippen LogP contribution in [0.25, 0.3) is 10.9 Å². The molecule has 0 aliphatic heterocycles. The van der Waals surface area contributed by atoms with Gasteiger partial charge in [-0.05, 0) is 36.8 Å². The number of nitrogens with zero attached hydrogens (tertiary/aromatic N) is 2. The lowest BCUT2D eigenvalue weighted by Crippen LogP contribution is -2.32. The minimum absolute atomic E-state index is 0.0103. The number of fused-ring (bicyclic) bond motifs is 1. The smallest absolute Gasteiger partial charge is 0.349 e. The minimum atomic E-state index is -1.17. The molecule has 0 saturated carbocycles. The number of hydrogen-bond acceptors (Lipinski definition) is 5. The van der Waals surface area contributed by atoms with Crippen LogP contribution in [0, 0.1) is 0 Å². The first-order valence-electron chi connectivity index (χ1n) is 7.95. The van der Waals surface area contributed by atoms with E-state index in [1.165, 1.54) is 25.3 Å². The predicted octanol–water partition coefficient (Wildman–Crippen LogP) is 2.73. The van der Waals surface area contributed by atoms with E-state index in [-0.39, 0.29) is 15.8 Å². The third-order valence-electron chi connectivity index (χ3n) is 3.77. The van der Waals surface area contributed by atoms with Gasteiger partial charge in [0, 0.05) is 0 Å². The summed E-state index contributed by atoms with van der Waals surface area (Å²) in [5.74, 6) is -1.16. The first-order valence-corrected chi connectivity index (χ1v) is 8.70. The van der Waals surface area contributed by atoms with E-state index < -0.39 is 23.3 Å². The van der Waals surface area contributed by atoms with Crippen molar-refractivity contribution in [3.05, 3.63) is 72.8 Å². The van der Waals surface area contributed by atoms with E-state index in [9.17, 15) is 14.4 Å². The van der Waals surface area contributed by atoms with E-state index in [0.717, 1.165) is 0 Å². The van der Waals surface area contributed by atoms with E-state index in [0.29, 0.717) is 21.1 Å². The van der Waals surface area contributed by atoms with E-state index in [1.54, 1.807) is 24.3 Å². The van der Waals surface area contributed by atoms with Crippen molar-refractivity contribution < 1.29 is 14.6 Å². The van der Waals surface area contributed by atoms with E-state index in [4.69, 9.17) is 33.0 Å². The van der Waals surface area contributed by atoms with Crippen molar-refractivity contribution in [1.82, 2.24) is 9.66 Å². The van der Waals surface area contributed by atoms with E-state index >= 15 is 0 Å². The minimum Gasteiger partial charge on any atom is -0.479 e. The normalized spacial score (nSPS) is 12.4. The molecule has 3 rings (SSSR count). The number of carboxylic acids is 1. The third kappa shape index (κ3) is 3.92. The summed E-state index contributed by atoms with van der Waals surface area (Å²) in [5.41, 5.74) is -0.496. The molecule has 1 heterocycles. The van der Waals surface area contributed by atoms with Crippen molar-refractivity contribution in [2.24, 2.45) is 5.10 Å². The van der Waals surface area contributed by atoms with Crippen molar-refractivity contribution in [2.45, 2.75) is 13.0 Å². The van der Waals surface area contributed by atoms with Gasteiger partial charge in [0.25, 0.3) is 5.56 Å². The lowest BCUT2D eigenvalue weighted by molar-refractivity contribution is -0.144. The van der Waals surface area contributed by atoms with Crippen LogP contribution in [-0.2, 0) is 4.79 Å². The Morgan fingerprint density at radius 3 is 2.54 bits per heavy atom. The highest BCUT2D eigenvalue weighted by Crippen LogP contribution is 2.34. The molecule has 0 saturated heterocycles. The highest BCUT2D eigenvalue weighted by atomic mass is 35.5. The Hall–Kier alpha value is -3.10. The number of hydrogen-bond donors (Lipinski definition) is 2. The van der Waals surface area contributed by atoms with Crippen LogP contribution < -0.4 is 16.0 Å². The molecule has 1 aromatic heterocycles. The van der Waals surface area contributed by atoms with Crippen molar-refractivity contribution in [3.63, 3.8) is 0 Å². The number of ether oxygens (including phenoxy) is 1. The number of aliphatic carboxylic acids is 1. The first kappa shape index (κ1) is 19.7. The highest BCUT2D eigenvalue weighted by molar-refractivity contribution is 6.37. The summed E-state index contributed by atoms with van der Waals surface area (Å²) in [6.45, 7) is 1.34. The summed E-state index contributed by atoms with van der Waals surface area (Å²) >= 11 is 12.2. The van der Waals surface area contributed by atoms with Gasteiger partial charge in [-0.1, -0.05) is 35.3 Å². The topological polar surface area (TPSA) is 114 Å². The van der Waals surface area contributed by atoms with Crippen molar-refractivity contribution in [1.29, 1.82) is 0 Å². The lowest BCUT2D eigenvalue weighted by atomic mass is 10.2. The molecular weight excluding hydrogens is 409 g/mol. The fourth-order valence-corrected chi connectivity index (χ4v) is 2.97. The zero-order valence-corrected chi connectivity index (χ0v) is 15.9. The van der Waals surface area contributed by atoms with E-state index in [1.807, 2.05) is 0 Å². The van der Waals surface area contributed by atoms with E-state index in [2.05, 4.69) is 10.1 Å². The third-order valence-corrected chi connectivity index (χ3v) is 4.33. The van der Waals surface area contributed by atoms with Crippen LogP contribution >= 0.6 is 23.2 Å². The van der Waals surface area contributed by atoms with Crippen LogP contribution in [0.4, 0.5) is 0 Å². The Morgan fingerprint density at radius 2 is 1.89 bits per heavy atom. The van der Waals surface area contributed by atoms with Gasteiger partial charge >= 0.3 is 11.7 Å². The fourth-order valence-electron chi connectivity index (χ4n) is 2.38. The molecule has 0 radical (unpaired) electrons. The molecule has 0 spiro atoms. The van der Waals surface area contributed by atoms with Crippen LogP contribution in [0.1, 0.15) is 12.5 Å². The summed E-state index contributed by atoms with van der Waals surface area (Å²) < 4.78 is 5.90. The van der Waals surface area contributed by atoms with Gasteiger partial charge in [-0.15, -0.1) is 4.68 Å². The molecule has 2 aromatic carbocycles. The van der Waals surface area contributed by atoms with Gasteiger partial charge in [-0.25, -0.2) is 9.59 Å². The largest absolute Gasteiger partial charge is 0.479 e. The molecule has 144 valence electrons. The van der Waals surface area contributed by atoms with Crippen LogP contribution in [0.2, 0.25) is 10.0 Å². The second-order valence-corrected chi connectivity index (χ2v) is 6.56. The van der Waals surface area contributed by atoms with Crippen LogP contribution in [0.15, 0.2) is 51.1 Å². The number of halogens is 2. The molecule has 8 nitrogen and oxygen atoms in total. The van der Waals surface area contributed by atoms with Gasteiger partial charge in [0.15, 0.2) is 11.9 Å². The van der Waals surface area contributed by atoms with Gasteiger partial charge in [0.05, 0.1) is 27.2 Å². The lowest BCUT2D eigenvalue weighted by Gasteiger charge is -2.13. The maximum Gasteiger partial charge on any atom is 0.349 e. The van der Waals surface area contributed by atoms with Crippen LogP contribution in [0.3, 0.4) is 0 Å². The SMILES string of the molecule is CC(Oc1c(Cl)cc(C=Nn2c(=O)[nH]c3ccccc3c2=O)cc1Cl)C(=O)O. The molecule has 28 heavy (non-hydrogen) atoms. The Morgan fingerprint density at radius 1 is 1.25 bits per heavy atom. The molecule has 0 fully saturated rings. The maximum atomic E-state index is 12.4. The molecule has 0 aliphatic rings. The first-order chi connectivity index (χ1) is 13.3. The molecular formula is C18H13Cl2N3O5. The summed E-state index contributed by atoms with van der Waals surface area (Å²) in [4.78, 5) is 38.0. The fraction of sp³-hybridized carbons (Fsp3) is 0.111. The molecule has 1 unspecified atom stereocenters. The van der Waals surface area contributed by atoms with Gasteiger partial charge in [0.2, 0.25) is 0 Å². The Kier molecular flexibility index (Phi) is 5.53. The summed E-state index contributed by atoms with van der Waals surface area (Å²) in [7, 11) is 0. The summed E-state index contributed by atoms with van der Waals surface area (Å²) in [6, 6.07) is 9.39. The monoisotopic (exact) mass is 421 g/mol. The second-order valence-electron chi connectivity index (χ2n) is 5.75. The molecule has 2 N–H and O–H groups in total. The zero-order valence-electron chi connectivity index (χ0n) is 14.3. The zero-order chi connectivity index (χ0) is 20.4. The maximum absolute atomic E-state index is 12.4. The number of benzene rings is 2. The number of aromatic amines is 1. The predicted molar refractivity (Wildman–Crippen MR) is 106 cm³/mol. The number of carbonyl (C=O) groups is 1. The number of rotatable bonds is 5. The number of nitrogens with one attached hydrogen (secondary N) is 1. The molecule has 0 bridgehead atoms. The Bertz CT molecular complexity index is 1190. The highest BCUT2D eigenvalue weighted by Gasteiger charge is 2.17. The van der Waals surface area contributed by atoms with Crippen LogP contribution in [-0.4, -0.2) is 33.1 Å². The van der Waals surface area contributed by atoms with Gasteiger partial charge in [-0.3, -0.25) is 4.79 Å². The summed E-state index contributed by atoms with van der Waals surface area (Å²) in [6.07, 6.45) is 0.0809. The average Bonchev–Trinajstić information content (AvgIpc) is 2.64. The second kappa shape index (κ2) is 7.87. The van der Waals surface area contributed by atoms with Gasteiger partial charge in [0.1, 0.15) is 0 Å². The molecule has 10 heteroatoms. The van der Waals surface area contributed by atoms with Crippen molar-refractivity contribution in [2.75, 3.05) is 0 Å². The standard InChI is InChI=1S/C18H13Cl2N3O5/c1-9(17(25)26)28-15-12(19)6-10(7-13(15)20)8-21-23-16(24)11-4-2-3-5-14(11)22-18(23)27/h2-9H,1H3,(H,22,27)(H,25,26). The van der Waals surface area contributed by atoms with Crippen molar-refractivity contribution in [3.8, 4) is 5.75 Å². The number of aromatic nitrogens is 2. The average molecular weight is 422 g/mol.